The van der Waals surface area contributed by atoms with Crippen LogP contribution in [0.3, 0.4) is 0 Å². The van der Waals surface area contributed by atoms with Gasteiger partial charge in [-0.2, -0.15) is 0 Å². The average molecular weight is 333 g/mol. The van der Waals surface area contributed by atoms with Gasteiger partial charge >= 0.3 is 0 Å². The molecule has 114 valence electrons. The quantitative estimate of drug-likeness (QED) is 0.847. The van der Waals surface area contributed by atoms with E-state index in [4.69, 9.17) is 16.6 Å². The van der Waals surface area contributed by atoms with E-state index in [1.165, 1.54) is 0 Å². The van der Waals surface area contributed by atoms with Crippen molar-refractivity contribution in [2.24, 2.45) is 0 Å². The molecule has 0 unspecified atom stereocenters. The van der Waals surface area contributed by atoms with Gasteiger partial charge in [-0.05, 0) is 37.8 Å². The summed E-state index contributed by atoms with van der Waals surface area (Å²) in [5, 5.41) is 3.76. The number of hydrogen-bond donors (Lipinski definition) is 0. The second-order valence-corrected chi connectivity index (χ2v) is 7.42. The number of rotatable bonds is 3. The fourth-order valence-corrected chi connectivity index (χ4v) is 4.32. The number of aromatic nitrogens is 1. The normalized spacial score (nSPS) is 19.4. The molecular formula is C17H17ClN2OS. The van der Waals surface area contributed by atoms with Gasteiger partial charge in [-0.25, -0.2) is 4.98 Å². The summed E-state index contributed by atoms with van der Waals surface area (Å²) < 4.78 is 0. The summed E-state index contributed by atoms with van der Waals surface area (Å²) in [7, 11) is 0. The minimum atomic E-state index is -0.320. The van der Waals surface area contributed by atoms with Crippen LogP contribution in [0.4, 0.5) is 0 Å². The van der Waals surface area contributed by atoms with E-state index < -0.39 is 0 Å². The maximum atomic E-state index is 12.8. The molecular weight excluding hydrogens is 316 g/mol. The number of carbonyl (C=O) groups excluding carboxylic acids is 1. The largest absolute Gasteiger partial charge is 0.342 e. The van der Waals surface area contributed by atoms with Gasteiger partial charge in [0.1, 0.15) is 10.4 Å². The van der Waals surface area contributed by atoms with E-state index in [9.17, 15) is 4.79 Å². The Morgan fingerprint density at radius 2 is 1.86 bits per heavy atom. The monoisotopic (exact) mass is 332 g/mol. The van der Waals surface area contributed by atoms with Crippen LogP contribution in [0.1, 0.15) is 30.7 Å². The van der Waals surface area contributed by atoms with Gasteiger partial charge < -0.3 is 4.90 Å². The zero-order valence-corrected chi connectivity index (χ0v) is 13.8. The van der Waals surface area contributed by atoms with Crippen molar-refractivity contribution in [1.29, 1.82) is 0 Å². The lowest BCUT2D eigenvalue weighted by molar-refractivity contribution is -0.132. The van der Waals surface area contributed by atoms with Crippen molar-refractivity contribution in [1.82, 2.24) is 9.88 Å². The van der Waals surface area contributed by atoms with Gasteiger partial charge in [0.05, 0.1) is 5.69 Å². The third kappa shape index (κ3) is 2.34. The Hall–Kier alpha value is -1.39. The van der Waals surface area contributed by atoms with Crippen molar-refractivity contribution < 1.29 is 4.79 Å². The van der Waals surface area contributed by atoms with Crippen LogP contribution in [0.15, 0.2) is 29.6 Å². The summed E-state index contributed by atoms with van der Waals surface area (Å²) in [5.74, 6) is 0.294. The molecule has 0 bridgehead atoms. The molecule has 5 heteroatoms. The molecule has 3 nitrogen and oxygen atoms in total. The van der Waals surface area contributed by atoms with Gasteiger partial charge in [-0.15, -0.1) is 11.3 Å². The lowest BCUT2D eigenvalue weighted by Gasteiger charge is -2.21. The van der Waals surface area contributed by atoms with E-state index in [1.54, 1.807) is 11.3 Å². The van der Waals surface area contributed by atoms with E-state index in [0.29, 0.717) is 5.91 Å². The van der Waals surface area contributed by atoms with E-state index in [1.807, 2.05) is 29.2 Å². The summed E-state index contributed by atoms with van der Waals surface area (Å²) in [6.07, 6.45) is 4.15. The second-order valence-electron chi connectivity index (χ2n) is 6.13. The van der Waals surface area contributed by atoms with Crippen LogP contribution < -0.4 is 0 Å². The number of likely N-dealkylation sites (tertiary alicyclic amines) is 1. The third-order valence-corrected chi connectivity index (χ3v) is 5.90. The van der Waals surface area contributed by atoms with Crippen molar-refractivity contribution in [3.8, 4) is 11.3 Å². The summed E-state index contributed by atoms with van der Waals surface area (Å²) >= 11 is 7.55. The molecule has 2 aromatic rings. The second kappa shape index (κ2) is 5.36. The highest BCUT2D eigenvalue weighted by molar-refractivity contribution is 7.10. The highest BCUT2D eigenvalue weighted by atomic mass is 35.5. The minimum Gasteiger partial charge on any atom is -0.342 e. The first kappa shape index (κ1) is 14.2. The lowest BCUT2D eigenvalue weighted by atomic mass is 10.1. The Bertz CT molecular complexity index is 700. The van der Waals surface area contributed by atoms with Crippen molar-refractivity contribution in [3.05, 3.63) is 39.7 Å². The molecule has 0 radical (unpaired) electrons. The number of hydrogen-bond acceptors (Lipinski definition) is 3. The summed E-state index contributed by atoms with van der Waals surface area (Å²) in [6.45, 7) is 1.83. The standard InChI is InChI=1S/C17H17ClN2OS/c18-13-5-3-12(4-6-13)14-11-22-15(19-14)17(7-8-17)16(21)20-9-1-2-10-20/h3-6,11H,1-2,7-10H2. The van der Waals surface area contributed by atoms with Crippen LogP contribution in [0.25, 0.3) is 11.3 Å². The molecule has 1 aromatic heterocycles. The number of halogens is 1. The van der Waals surface area contributed by atoms with Crippen LogP contribution in [0.2, 0.25) is 5.02 Å². The summed E-state index contributed by atoms with van der Waals surface area (Å²) in [4.78, 5) is 19.6. The van der Waals surface area contributed by atoms with Crippen molar-refractivity contribution in [3.63, 3.8) is 0 Å². The van der Waals surface area contributed by atoms with E-state index >= 15 is 0 Å². The van der Waals surface area contributed by atoms with Gasteiger partial charge in [0.25, 0.3) is 0 Å². The van der Waals surface area contributed by atoms with Gasteiger partial charge in [0, 0.05) is 29.1 Å². The van der Waals surface area contributed by atoms with Crippen LogP contribution in [0, 0.1) is 0 Å². The highest BCUT2D eigenvalue weighted by Crippen LogP contribution is 2.51. The molecule has 1 saturated heterocycles. The topological polar surface area (TPSA) is 33.2 Å². The van der Waals surface area contributed by atoms with Crippen LogP contribution in [0.5, 0.6) is 0 Å². The molecule has 1 aliphatic heterocycles. The molecule has 0 N–H and O–H groups in total. The van der Waals surface area contributed by atoms with Crippen LogP contribution in [-0.2, 0) is 10.2 Å². The summed E-state index contributed by atoms with van der Waals surface area (Å²) in [5.41, 5.74) is 1.67. The molecule has 2 fully saturated rings. The molecule has 1 aliphatic carbocycles. The zero-order chi connectivity index (χ0) is 15.2. The summed E-state index contributed by atoms with van der Waals surface area (Å²) in [6, 6.07) is 7.70. The van der Waals surface area contributed by atoms with Crippen molar-refractivity contribution in [2.75, 3.05) is 13.1 Å². The molecule has 4 rings (SSSR count). The third-order valence-electron chi connectivity index (χ3n) is 4.61. The zero-order valence-electron chi connectivity index (χ0n) is 12.2. The van der Waals surface area contributed by atoms with Crippen molar-refractivity contribution in [2.45, 2.75) is 31.1 Å². The number of nitrogens with zero attached hydrogens (tertiary/aromatic N) is 2. The molecule has 1 aromatic carbocycles. The van der Waals surface area contributed by atoms with Gasteiger partial charge in [0.15, 0.2) is 0 Å². The first-order valence-electron chi connectivity index (χ1n) is 7.70. The molecule has 2 aliphatic rings. The molecule has 22 heavy (non-hydrogen) atoms. The van der Waals surface area contributed by atoms with E-state index in [2.05, 4.69) is 5.38 Å². The molecule has 0 spiro atoms. The van der Waals surface area contributed by atoms with Gasteiger partial charge in [-0.1, -0.05) is 23.7 Å². The Kier molecular flexibility index (Phi) is 3.46. The number of benzene rings is 1. The predicted octanol–water partition coefficient (Wildman–Crippen LogP) is 4.12. The fourth-order valence-electron chi connectivity index (χ4n) is 3.11. The minimum absolute atomic E-state index is 0.294. The number of carbonyl (C=O) groups is 1. The highest BCUT2D eigenvalue weighted by Gasteiger charge is 2.55. The van der Waals surface area contributed by atoms with Crippen molar-refractivity contribution >= 4 is 28.8 Å². The predicted molar refractivity (Wildman–Crippen MR) is 89.3 cm³/mol. The molecule has 2 heterocycles. The van der Waals surface area contributed by atoms with Crippen LogP contribution in [-0.4, -0.2) is 28.9 Å². The Balaban J connectivity index is 1.61. The molecule has 0 atom stereocenters. The maximum Gasteiger partial charge on any atom is 0.235 e. The fraction of sp³-hybridized carbons (Fsp3) is 0.412. The first-order chi connectivity index (χ1) is 10.7. The Morgan fingerprint density at radius 1 is 1.18 bits per heavy atom. The van der Waals surface area contributed by atoms with E-state index in [-0.39, 0.29) is 5.41 Å². The lowest BCUT2D eigenvalue weighted by Crippen LogP contribution is -2.37. The maximum absolute atomic E-state index is 12.8. The van der Waals surface area contributed by atoms with Gasteiger partial charge in [-0.3, -0.25) is 4.79 Å². The first-order valence-corrected chi connectivity index (χ1v) is 8.96. The molecule has 1 amide bonds. The smallest absolute Gasteiger partial charge is 0.235 e. The average Bonchev–Trinajstić information content (AvgIpc) is 2.97. The van der Waals surface area contributed by atoms with E-state index in [0.717, 1.165) is 60.1 Å². The Morgan fingerprint density at radius 3 is 2.50 bits per heavy atom. The SMILES string of the molecule is O=C(N1CCCC1)C1(c2nc(-c3ccc(Cl)cc3)cs2)CC1. The van der Waals surface area contributed by atoms with Crippen LogP contribution >= 0.6 is 22.9 Å². The Labute approximate surface area is 138 Å². The number of amides is 1. The number of thiazole rings is 1. The van der Waals surface area contributed by atoms with Gasteiger partial charge in [0.2, 0.25) is 5.91 Å². The molecule has 1 saturated carbocycles.